The first-order chi connectivity index (χ1) is 14.4. The van der Waals surface area contributed by atoms with E-state index in [1.165, 1.54) is 16.5 Å². The van der Waals surface area contributed by atoms with Gasteiger partial charge in [0.15, 0.2) is 0 Å². The van der Waals surface area contributed by atoms with E-state index in [9.17, 15) is 0 Å². The lowest BCUT2D eigenvalue weighted by atomic mass is 10.0. The van der Waals surface area contributed by atoms with Gasteiger partial charge in [-0.25, -0.2) is 4.98 Å². The zero-order chi connectivity index (χ0) is 19.5. The fourth-order valence-corrected chi connectivity index (χ4v) is 4.28. The average Bonchev–Trinajstić information content (AvgIpc) is 3.19. The minimum absolute atomic E-state index is 0.413. The Kier molecular flexibility index (Phi) is 5.29. The summed E-state index contributed by atoms with van der Waals surface area (Å²) in [5.74, 6) is 7.09. The minimum atomic E-state index is 0.413. The topological polar surface area (TPSA) is 49.2 Å². The van der Waals surface area contributed by atoms with Crippen LogP contribution in [0.5, 0.6) is 0 Å². The van der Waals surface area contributed by atoms with E-state index in [4.69, 9.17) is 9.47 Å². The summed E-state index contributed by atoms with van der Waals surface area (Å²) in [7, 11) is 0. The van der Waals surface area contributed by atoms with Crippen molar-refractivity contribution in [3.05, 3.63) is 48.7 Å². The van der Waals surface area contributed by atoms with Gasteiger partial charge in [-0.3, -0.25) is 4.98 Å². The predicted molar refractivity (Wildman–Crippen MR) is 112 cm³/mol. The monoisotopic (exact) mass is 387 g/mol. The molecule has 0 unspecified atom stereocenters. The van der Waals surface area contributed by atoms with Crippen LogP contribution in [0.3, 0.4) is 0 Å². The highest BCUT2D eigenvalue weighted by Gasteiger charge is 2.20. The highest BCUT2D eigenvalue weighted by molar-refractivity contribution is 5.95. The van der Waals surface area contributed by atoms with Crippen molar-refractivity contribution >= 4 is 10.9 Å². The maximum atomic E-state index is 5.56. The largest absolute Gasteiger partial charge is 0.381 e. The smallest absolute Gasteiger partial charge is 0.113 e. The van der Waals surface area contributed by atoms with Crippen molar-refractivity contribution in [3.8, 4) is 23.0 Å². The molecule has 148 valence electrons. The Balaban J connectivity index is 1.50. The Bertz CT molecular complexity index is 1050. The zero-order valence-corrected chi connectivity index (χ0v) is 16.5. The number of fused-ring (bicyclic) bond motifs is 1. The number of rotatable bonds is 2. The fraction of sp³-hybridized carbons (Fsp3) is 0.417. The second-order valence-electron chi connectivity index (χ2n) is 7.77. The lowest BCUT2D eigenvalue weighted by Crippen LogP contribution is -2.18. The first-order valence-electron chi connectivity index (χ1n) is 10.5. The average molecular weight is 387 g/mol. The van der Waals surface area contributed by atoms with Crippen LogP contribution >= 0.6 is 0 Å². The van der Waals surface area contributed by atoms with E-state index in [0.717, 1.165) is 63.4 Å². The molecule has 29 heavy (non-hydrogen) atoms. The van der Waals surface area contributed by atoms with Gasteiger partial charge in [-0.1, -0.05) is 5.92 Å². The third-order valence-electron chi connectivity index (χ3n) is 5.92. The fourth-order valence-electron chi connectivity index (χ4n) is 4.28. The van der Waals surface area contributed by atoms with Crippen LogP contribution in [0.2, 0.25) is 0 Å². The van der Waals surface area contributed by atoms with Crippen LogP contribution in [0.1, 0.15) is 37.4 Å². The highest BCUT2D eigenvalue weighted by atomic mass is 16.5. The second kappa shape index (κ2) is 8.36. The molecular formula is C24H25N3O2. The summed E-state index contributed by atoms with van der Waals surface area (Å²) >= 11 is 0. The summed E-state index contributed by atoms with van der Waals surface area (Å²) < 4.78 is 13.4. The first kappa shape index (κ1) is 18.4. The molecule has 2 saturated heterocycles. The Morgan fingerprint density at radius 3 is 2.59 bits per heavy atom. The zero-order valence-electron chi connectivity index (χ0n) is 16.5. The van der Waals surface area contributed by atoms with Crippen LogP contribution in [0, 0.1) is 17.8 Å². The molecule has 2 aliphatic rings. The lowest BCUT2D eigenvalue weighted by Gasteiger charge is -2.24. The molecule has 3 aromatic rings. The van der Waals surface area contributed by atoms with Crippen LogP contribution < -0.4 is 0 Å². The number of hydrogen-bond acceptors (Lipinski definition) is 4. The maximum absolute atomic E-state index is 5.56. The Hall–Kier alpha value is -2.68. The summed E-state index contributed by atoms with van der Waals surface area (Å²) in [5.41, 5.74) is 4.37. The second-order valence-corrected chi connectivity index (χ2v) is 7.77. The highest BCUT2D eigenvalue weighted by Crippen LogP contribution is 2.34. The van der Waals surface area contributed by atoms with Gasteiger partial charge < -0.3 is 14.0 Å². The predicted octanol–water partition coefficient (Wildman–Crippen LogP) is 4.23. The van der Waals surface area contributed by atoms with Gasteiger partial charge in [0.1, 0.15) is 5.69 Å². The molecule has 0 saturated carbocycles. The molecule has 5 rings (SSSR count). The van der Waals surface area contributed by atoms with Crippen molar-refractivity contribution in [2.24, 2.45) is 5.92 Å². The molecule has 0 bridgehead atoms. The van der Waals surface area contributed by atoms with Crippen molar-refractivity contribution in [2.75, 3.05) is 26.4 Å². The SMILES string of the molecule is C(#CC1CCOCC1)c1cc(-c2cn(C3CCOCC3)c3cnccc23)ccn1. The molecule has 0 aromatic carbocycles. The summed E-state index contributed by atoms with van der Waals surface area (Å²) in [6.45, 7) is 3.27. The van der Waals surface area contributed by atoms with Crippen LogP contribution in [-0.4, -0.2) is 41.0 Å². The molecule has 0 amide bonds. The van der Waals surface area contributed by atoms with Gasteiger partial charge in [0.05, 0.1) is 11.7 Å². The van der Waals surface area contributed by atoms with Crippen LogP contribution in [0.15, 0.2) is 43.0 Å². The van der Waals surface area contributed by atoms with E-state index in [2.05, 4.69) is 50.8 Å². The molecule has 3 aromatic heterocycles. The molecule has 5 nitrogen and oxygen atoms in total. The van der Waals surface area contributed by atoms with Gasteiger partial charge in [-0.05, 0) is 55.4 Å². The Labute approximate surface area is 171 Å². The molecule has 0 radical (unpaired) electrons. The number of nitrogens with zero attached hydrogens (tertiary/aromatic N) is 3. The van der Waals surface area contributed by atoms with E-state index in [1.807, 2.05) is 18.6 Å². The van der Waals surface area contributed by atoms with Crippen molar-refractivity contribution < 1.29 is 9.47 Å². The van der Waals surface area contributed by atoms with Gasteiger partial charge in [-0.15, -0.1) is 0 Å². The molecule has 2 aliphatic heterocycles. The van der Waals surface area contributed by atoms with Crippen molar-refractivity contribution in [2.45, 2.75) is 31.7 Å². The van der Waals surface area contributed by atoms with Crippen LogP contribution in [0.4, 0.5) is 0 Å². The van der Waals surface area contributed by atoms with E-state index < -0.39 is 0 Å². The van der Waals surface area contributed by atoms with Crippen LogP contribution in [-0.2, 0) is 9.47 Å². The lowest BCUT2D eigenvalue weighted by molar-refractivity contribution is 0.0707. The van der Waals surface area contributed by atoms with Gasteiger partial charge in [0.2, 0.25) is 0 Å². The standard InChI is InChI=1S/C24H25N3O2/c1(18-5-11-28-12-6-18)2-20-15-19(3-10-26-20)23-17-27(21-7-13-29-14-8-21)24-16-25-9-4-22(23)24/h3-4,9-10,15-18,21H,5-8,11-14H2. The minimum Gasteiger partial charge on any atom is -0.381 e. The van der Waals surface area contributed by atoms with E-state index >= 15 is 0 Å². The number of hydrogen-bond donors (Lipinski definition) is 0. The third kappa shape index (κ3) is 3.91. The molecular weight excluding hydrogens is 362 g/mol. The summed E-state index contributed by atoms with van der Waals surface area (Å²) in [6, 6.07) is 6.74. The van der Waals surface area contributed by atoms with Gasteiger partial charge in [-0.2, -0.15) is 0 Å². The van der Waals surface area contributed by atoms with E-state index in [0.29, 0.717) is 12.0 Å². The normalized spacial score (nSPS) is 18.5. The van der Waals surface area contributed by atoms with Crippen molar-refractivity contribution in [1.29, 1.82) is 0 Å². The number of pyridine rings is 2. The molecule has 2 fully saturated rings. The quantitative estimate of drug-likeness (QED) is 0.618. The van der Waals surface area contributed by atoms with Crippen molar-refractivity contribution in [1.82, 2.24) is 14.5 Å². The van der Waals surface area contributed by atoms with Gasteiger partial charge >= 0.3 is 0 Å². The number of ether oxygens (including phenoxy) is 2. The number of aromatic nitrogens is 3. The van der Waals surface area contributed by atoms with E-state index in [1.54, 1.807) is 0 Å². The van der Waals surface area contributed by atoms with E-state index in [-0.39, 0.29) is 0 Å². The van der Waals surface area contributed by atoms with Crippen molar-refractivity contribution in [3.63, 3.8) is 0 Å². The molecule has 0 atom stereocenters. The Morgan fingerprint density at radius 1 is 0.966 bits per heavy atom. The summed E-state index contributed by atoms with van der Waals surface area (Å²) in [5, 5.41) is 1.22. The molecule has 0 aliphatic carbocycles. The molecule has 0 N–H and O–H groups in total. The third-order valence-corrected chi connectivity index (χ3v) is 5.92. The molecule has 0 spiro atoms. The summed E-state index contributed by atoms with van der Waals surface area (Å²) in [4.78, 5) is 8.86. The Morgan fingerprint density at radius 2 is 1.76 bits per heavy atom. The van der Waals surface area contributed by atoms with Gasteiger partial charge in [0, 0.05) is 67.9 Å². The van der Waals surface area contributed by atoms with Gasteiger partial charge in [0.25, 0.3) is 0 Å². The summed E-state index contributed by atoms with van der Waals surface area (Å²) in [6.07, 6.45) is 12.1. The van der Waals surface area contributed by atoms with Crippen LogP contribution in [0.25, 0.3) is 22.0 Å². The molecule has 5 heteroatoms. The maximum Gasteiger partial charge on any atom is 0.113 e. The molecule has 5 heterocycles. The first-order valence-corrected chi connectivity index (χ1v) is 10.5.